The average molecular weight is 307 g/mol. The third-order valence-electron chi connectivity index (χ3n) is 2.56. The van der Waals surface area contributed by atoms with Gasteiger partial charge in [0, 0.05) is 21.5 Å². The number of aryl methyl sites for hydroxylation is 1. The number of benzene rings is 1. The minimum atomic E-state index is -0.151. The van der Waals surface area contributed by atoms with Crippen LogP contribution < -0.4 is 5.32 Å². The first-order valence-electron chi connectivity index (χ1n) is 6.15. The number of rotatable bonds is 3. The molecule has 0 unspecified atom stereocenters. The Bertz CT molecular complexity index is 655. The quantitative estimate of drug-likeness (QED) is 0.837. The highest BCUT2D eigenvalue weighted by molar-refractivity contribution is 7.16. The van der Waals surface area contributed by atoms with Gasteiger partial charge in [-0.15, -0.1) is 11.3 Å². The standard InChI is InChI=1S/C15H15ClN2OS/c1-9(2)8-13(19)17-15-18-14(10(3)20-15)11-4-6-12(16)7-5-11/h4-8H,1-3H3,(H,17,18,19). The Morgan fingerprint density at radius 1 is 1.30 bits per heavy atom. The lowest BCUT2D eigenvalue weighted by Gasteiger charge is -1.98. The summed E-state index contributed by atoms with van der Waals surface area (Å²) in [6.45, 7) is 5.75. The summed E-state index contributed by atoms with van der Waals surface area (Å²) in [5.41, 5.74) is 2.82. The van der Waals surface area contributed by atoms with E-state index in [0.717, 1.165) is 21.7 Å². The Kier molecular flexibility index (Phi) is 4.57. The molecule has 0 aliphatic carbocycles. The highest BCUT2D eigenvalue weighted by atomic mass is 35.5. The molecule has 0 saturated heterocycles. The summed E-state index contributed by atoms with van der Waals surface area (Å²) in [6.07, 6.45) is 1.55. The first kappa shape index (κ1) is 14.8. The van der Waals surface area contributed by atoms with Crippen LogP contribution in [0.1, 0.15) is 18.7 Å². The second-order valence-corrected chi connectivity index (χ2v) is 6.28. The molecule has 20 heavy (non-hydrogen) atoms. The van der Waals surface area contributed by atoms with Crippen LogP contribution >= 0.6 is 22.9 Å². The number of aromatic nitrogens is 1. The van der Waals surface area contributed by atoms with Gasteiger partial charge in [0.15, 0.2) is 5.13 Å². The predicted molar refractivity (Wildman–Crippen MR) is 85.4 cm³/mol. The Hall–Kier alpha value is -1.65. The lowest BCUT2D eigenvalue weighted by molar-refractivity contribution is -0.111. The molecule has 1 aromatic carbocycles. The van der Waals surface area contributed by atoms with Crippen molar-refractivity contribution in [2.75, 3.05) is 5.32 Å². The summed E-state index contributed by atoms with van der Waals surface area (Å²) < 4.78 is 0. The maximum Gasteiger partial charge on any atom is 0.250 e. The van der Waals surface area contributed by atoms with Crippen molar-refractivity contribution < 1.29 is 4.79 Å². The number of anilines is 1. The van der Waals surface area contributed by atoms with Crippen LogP contribution in [-0.2, 0) is 4.79 Å². The van der Waals surface area contributed by atoms with Crippen LogP contribution in [0.5, 0.6) is 0 Å². The fourth-order valence-corrected chi connectivity index (χ4v) is 2.69. The minimum Gasteiger partial charge on any atom is -0.298 e. The highest BCUT2D eigenvalue weighted by Crippen LogP contribution is 2.30. The van der Waals surface area contributed by atoms with Gasteiger partial charge in [0.2, 0.25) is 5.91 Å². The van der Waals surface area contributed by atoms with Crippen molar-refractivity contribution in [1.29, 1.82) is 0 Å². The molecule has 0 atom stereocenters. The molecule has 3 nitrogen and oxygen atoms in total. The van der Waals surface area contributed by atoms with Crippen LogP contribution in [0.25, 0.3) is 11.3 Å². The van der Waals surface area contributed by atoms with Crippen molar-refractivity contribution in [2.24, 2.45) is 0 Å². The van der Waals surface area contributed by atoms with Crippen LogP contribution in [0.4, 0.5) is 5.13 Å². The number of hydrogen-bond acceptors (Lipinski definition) is 3. The van der Waals surface area contributed by atoms with E-state index in [1.165, 1.54) is 11.3 Å². The van der Waals surface area contributed by atoms with Crippen molar-refractivity contribution in [3.05, 3.63) is 45.8 Å². The molecule has 0 saturated carbocycles. The number of halogens is 1. The van der Waals surface area contributed by atoms with E-state index >= 15 is 0 Å². The first-order chi connectivity index (χ1) is 9.45. The van der Waals surface area contributed by atoms with Gasteiger partial charge < -0.3 is 0 Å². The van der Waals surface area contributed by atoms with E-state index < -0.39 is 0 Å². The van der Waals surface area contributed by atoms with Gasteiger partial charge in [0.25, 0.3) is 0 Å². The van der Waals surface area contributed by atoms with Crippen molar-refractivity contribution in [1.82, 2.24) is 4.98 Å². The number of nitrogens with one attached hydrogen (secondary N) is 1. The molecule has 0 radical (unpaired) electrons. The summed E-state index contributed by atoms with van der Waals surface area (Å²) >= 11 is 7.34. The number of amides is 1. The molecule has 2 rings (SSSR count). The van der Waals surface area contributed by atoms with E-state index in [1.807, 2.05) is 45.0 Å². The van der Waals surface area contributed by atoms with Crippen LogP contribution in [0, 0.1) is 6.92 Å². The lowest BCUT2D eigenvalue weighted by Crippen LogP contribution is -2.07. The number of hydrogen-bond donors (Lipinski definition) is 1. The number of carbonyl (C=O) groups is 1. The van der Waals surface area contributed by atoms with Crippen LogP contribution in [0.2, 0.25) is 5.02 Å². The van der Waals surface area contributed by atoms with Gasteiger partial charge >= 0.3 is 0 Å². The highest BCUT2D eigenvalue weighted by Gasteiger charge is 2.11. The molecule has 1 aromatic heterocycles. The van der Waals surface area contributed by atoms with Crippen molar-refractivity contribution in [3.63, 3.8) is 0 Å². The van der Waals surface area contributed by atoms with E-state index in [-0.39, 0.29) is 5.91 Å². The van der Waals surface area contributed by atoms with E-state index in [0.29, 0.717) is 10.2 Å². The Labute approximate surface area is 127 Å². The Balaban J connectivity index is 2.24. The zero-order chi connectivity index (χ0) is 14.7. The van der Waals surface area contributed by atoms with Crippen molar-refractivity contribution in [3.8, 4) is 11.3 Å². The molecule has 1 heterocycles. The van der Waals surface area contributed by atoms with Gasteiger partial charge in [-0.2, -0.15) is 0 Å². The maximum absolute atomic E-state index is 11.7. The zero-order valence-corrected chi connectivity index (χ0v) is 13.1. The molecule has 0 bridgehead atoms. The topological polar surface area (TPSA) is 42.0 Å². The van der Waals surface area contributed by atoms with E-state index in [4.69, 9.17) is 11.6 Å². The molecule has 0 fully saturated rings. The zero-order valence-electron chi connectivity index (χ0n) is 11.5. The number of carbonyl (C=O) groups excluding carboxylic acids is 1. The fourth-order valence-electron chi connectivity index (χ4n) is 1.73. The monoisotopic (exact) mass is 306 g/mol. The molecule has 0 spiro atoms. The largest absolute Gasteiger partial charge is 0.298 e. The number of thiazole rings is 1. The van der Waals surface area contributed by atoms with Gasteiger partial charge in [-0.05, 0) is 32.9 Å². The summed E-state index contributed by atoms with van der Waals surface area (Å²) in [6, 6.07) is 7.51. The SMILES string of the molecule is CC(C)=CC(=O)Nc1nc(-c2ccc(Cl)cc2)c(C)s1. The van der Waals surface area contributed by atoms with Crippen LogP contribution in [-0.4, -0.2) is 10.9 Å². The molecule has 5 heteroatoms. The van der Waals surface area contributed by atoms with Gasteiger partial charge in [0.1, 0.15) is 0 Å². The van der Waals surface area contributed by atoms with E-state index in [9.17, 15) is 4.79 Å². The summed E-state index contributed by atoms with van der Waals surface area (Å²) in [5, 5.41) is 4.08. The van der Waals surface area contributed by atoms with Gasteiger partial charge in [0.05, 0.1) is 5.69 Å². The number of nitrogens with zero attached hydrogens (tertiary/aromatic N) is 1. The Morgan fingerprint density at radius 2 is 1.95 bits per heavy atom. The molecule has 1 amide bonds. The van der Waals surface area contributed by atoms with E-state index in [2.05, 4.69) is 10.3 Å². The fraction of sp³-hybridized carbons (Fsp3) is 0.200. The van der Waals surface area contributed by atoms with Crippen molar-refractivity contribution >= 4 is 34.0 Å². The smallest absolute Gasteiger partial charge is 0.250 e. The Morgan fingerprint density at radius 3 is 2.55 bits per heavy atom. The van der Waals surface area contributed by atoms with Gasteiger partial charge in [-0.3, -0.25) is 10.1 Å². The molecule has 2 aromatic rings. The predicted octanol–water partition coefficient (Wildman–Crippen LogP) is 4.68. The molecule has 0 aliphatic heterocycles. The van der Waals surface area contributed by atoms with Crippen LogP contribution in [0.15, 0.2) is 35.9 Å². The molecule has 104 valence electrons. The lowest BCUT2D eigenvalue weighted by atomic mass is 10.1. The average Bonchev–Trinajstić information content (AvgIpc) is 2.70. The second kappa shape index (κ2) is 6.20. The normalized spacial score (nSPS) is 10.2. The molecule has 1 N–H and O–H groups in total. The van der Waals surface area contributed by atoms with Crippen LogP contribution in [0.3, 0.4) is 0 Å². The summed E-state index contributed by atoms with van der Waals surface area (Å²) in [5.74, 6) is -0.151. The minimum absolute atomic E-state index is 0.151. The third kappa shape index (κ3) is 3.68. The third-order valence-corrected chi connectivity index (χ3v) is 3.70. The van der Waals surface area contributed by atoms with E-state index in [1.54, 1.807) is 6.08 Å². The van der Waals surface area contributed by atoms with Crippen molar-refractivity contribution in [2.45, 2.75) is 20.8 Å². The molecule has 0 aliphatic rings. The summed E-state index contributed by atoms with van der Waals surface area (Å²) in [4.78, 5) is 17.2. The van der Waals surface area contributed by atoms with Gasteiger partial charge in [-0.1, -0.05) is 29.3 Å². The molecular formula is C15H15ClN2OS. The molecular weight excluding hydrogens is 292 g/mol. The summed E-state index contributed by atoms with van der Waals surface area (Å²) in [7, 11) is 0. The van der Waals surface area contributed by atoms with Gasteiger partial charge in [-0.25, -0.2) is 4.98 Å². The second-order valence-electron chi connectivity index (χ2n) is 4.64. The maximum atomic E-state index is 11.7. The first-order valence-corrected chi connectivity index (χ1v) is 7.34. The number of allylic oxidation sites excluding steroid dienone is 1.